The van der Waals surface area contributed by atoms with Crippen LogP contribution in [0.5, 0.6) is 0 Å². The van der Waals surface area contributed by atoms with Crippen LogP contribution in [0.3, 0.4) is 0 Å². The van der Waals surface area contributed by atoms with Crippen molar-refractivity contribution in [3.8, 4) is 0 Å². The second-order valence-corrected chi connectivity index (χ2v) is 8.49. The van der Waals surface area contributed by atoms with E-state index in [2.05, 4.69) is 34.5 Å². The van der Waals surface area contributed by atoms with Crippen molar-refractivity contribution in [1.29, 1.82) is 0 Å². The lowest BCUT2D eigenvalue weighted by atomic mass is 10.2. The molecule has 33 heavy (non-hydrogen) atoms. The van der Waals surface area contributed by atoms with E-state index in [1.54, 1.807) is 12.1 Å². The zero-order valence-electron chi connectivity index (χ0n) is 18.8. The lowest BCUT2D eigenvalue weighted by Gasteiger charge is -2.26. The lowest BCUT2D eigenvalue weighted by Crippen LogP contribution is -2.34. The Labute approximate surface area is 199 Å². The number of rotatable bonds is 7. The van der Waals surface area contributed by atoms with Crippen molar-refractivity contribution >= 4 is 23.1 Å². The molecule has 0 aliphatic rings. The molecule has 168 valence electrons. The number of benzene rings is 3. The average molecular weight is 459 g/mol. The van der Waals surface area contributed by atoms with Gasteiger partial charge in [-0.1, -0.05) is 72.8 Å². The van der Waals surface area contributed by atoms with Gasteiger partial charge in [-0.05, 0) is 54.9 Å². The lowest BCUT2D eigenvalue weighted by molar-refractivity contribution is 0.412. The Bertz CT molecular complexity index is 1160. The topological polar surface area (TPSA) is 33.1 Å². The van der Waals surface area contributed by atoms with E-state index < -0.39 is 0 Å². The van der Waals surface area contributed by atoms with Gasteiger partial charge in [-0.3, -0.25) is 4.68 Å². The van der Waals surface area contributed by atoms with Gasteiger partial charge in [0.2, 0.25) is 0 Å². The average Bonchev–Trinajstić information content (AvgIpc) is 3.09. The first-order valence-electron chi connectivity index (χ1n) is 10.9. The Morgan fingerprint density at radius 3 is 1.94 bits per heavy atom. The minimum absolute atomic E-state index is 0.239. The Kier molecular flexibility index (Phi) is 7.15. The molecule has 4 nitrogen and oxygen atoms in total. The molecule has 0 saturated carbocycles. The van der Waals surface area contributed by atoms with Crippen molar-refractivity contribution < 1.29 is 4.39 Å². The maximum Gasteiger partial charge on any atom is 0.175 e. The third-order valence-electron chi connectivity index (χ3n) is 5.70. The summed E-state index contributed by atoms with van der Waals surface area (Å²) in [5.74, 6) is 0.502. The zero-order chi connectivity index (χ0) is 23.2. The van der Waals surface area contributed by atoms with Crippen LogP contribution in [-0.2, 0) is 19.6 Å². The molecule has 0 aliphatic heterocycles. The van der Waals surface area contributed by atoms with Crippen molar-refractivity contribution in [2.45, 2.75) is 33.5 Å². The van der Waals surface area contributed by atoms with E-state index in [9.17, 15) is 4.39 Å². The van der Waals surface area contributed by atoms with E-state index in [-0.39, 0.29) is 5.82 Å². The van der Waals surface area contributed by atoms with E-state index >= 15 is 0 Å². The normalized spacial score (nSPS) is 10.8. The van der Waals surface area contributed by atoms with Crippen LogP contribution in [0.2, 0.25) is 0 Å². The zero-order valence-corrected chi connectivity index (χ0v) is 19.6. The van der Waals surface area contributed by atoms with E-state index in [1.807, 2.05) is 54.9 Å². The summed E-state index contributed by atoms with van der Waals surface area (Å²) in [7, 11) is 0. The Balaban J connectivity index is 1.53. The second-order valence-electron chi connectivity index (χ2n) is 8.10. The predicted molar refractivity (Wildman–Crippen MR) is 136 cm³/mol. The number of hydrogen-bond donors (Lipinski definition) is 1. The van der Waals surface area contributed by atoms with Crippen molar-refractivity contribution in [2.75, 3.05) is 5.32 Å². The Morgan fingerprint density at radius 1 is 0.848 bits per heavy atom. The third kappa shape index (κ3) is 5.84. The fraction of sp³-hybridized carbons (Fsp3) is 0.185. The first-order valence-corrected chi connectivity index (χ1v) is 11.3. The van der Waals surface area contributed by atoms with Gasteiger partial charge in [0, 0.05) is 24.3 Å². The van der Waals surface area contributed by atoms with Crippen LogP contribution < -0.4 is 5.32 Å². The van der Waals surface area contributed by atoms with E-state index in [1.165, 1.54) is 23.3 Å². The summed E-state index contributed by atoms with van der Waals surface area (Å²) in [6.07, 6.45) is 0. The summed E-state index contributed by atoms with van der Waals surface area (Å²) in [6, 6.07) is 27.1. The van der Waals surface area contributed by atoms with Gasteiger partial charge < -0.3 is 10.2 Å². The van der Waals surface area contributed by atoms with Crippen LogP contribution in [0, 0.1) is 19.7 Å². The molecular weight excluding hydrogens is 431 g/mol. The SMILES string of the molecule is Cc1c(NC(=S)N(Cc2ccccc2)Cc2ccccc2)nn(Cc2ccc(F)cc2)c1C. The smallest absolute Gasteiger partial charge is 0.175 e. The highest BCUT2D eigenvalue weighted by molar-refractivity contribution is 7.80. The number of thiocarbonyl (C=S) groups is 1. The van der Waals surface area contributed by atoms with Crippen molar-refractivity contribution in [2.24, 2.45) is 0 Å². The molecule has 1 N–H and O–H groups in total. The van der Waals surface area contributed by atoms with Crippen molar-refractivity contribution in [1.82, 2.24) is 14.7 Å². The van der Waals surface area contributed by atoms with Crippen molar-refractivity contribution in [3.05, 3.63) is 119 Å². The highest BCUT2D eigenvalue weighted by Gasteiger charge is 2.17. The second kappa shape index (κ2) is 10.4. The minimum Gasteiger partial charge on any atom is -0.340 e. The first kappa shape index (κ1) is 22.7. The summed E-state index contributed by atoms with van der Waals surface area (Å²) in [6.45, 7) is 6.02. The number of anilines is 1. The van der Waals surface area contributed by atoms with Gasteiger partial charge in [0.15, 0.2) is 10.9 Å². The summed E-state index contributed by atoms with van der Waals surface area (Å²) in [5, 5.41) is 8.76. The number of nitrogens with zero attached hydrogens (tertiary/aromatic N) is 3. The molecule has 0 spiro atoms. The first-order chi connectivity index (χ1) is 16.0. The fourth-order valence-corrected chi connectivity index (χ4v) is 3.88. The standard InChI is InChI=1S/C27H27FN4S/c1-20-21(2)32(19-24-13-15-25(28)16-14-24)30-26(20)29-27(33)31(17-22-9-5-3-6-10-22)18-23-11-7-4-8-12-23/h3-16H,17-19H2,1-2H3,(H,29,30,33). The molecule has 0 bridgehead atoms. The molecule has 1 aromatic heterocycles. The van der Waals surface area contributed by atoms with E-state index in [4.69, 9.17) is 17.3 Å². The molecule has 0 saturated heterocycles. The molecule has 1 heterocycles. The number of hydrogen-bond acceptors (Lipinski definition) is 2. The van der Waals surface area contributed by atoms with Crippen LogP contribution in [0.1, 0.15) is 27.9 Å². The maximum atomic E-state index is 13.3. The largest absolute Gasteiger partial charge is 0.340 e. The van der Waals surface area contributed by atoms with Crippen LogP contribution >= 0.6 is 12.2 Å². The number of nitrogens with one attached hydrogen (secondary N) is 1. The quantitative estimate of drug-likeness (QED) is 0.340. The number of halogens is 1. The summed E-state index contributed by atoms with van der Waals surface area (Å²) >= 11 is 5.84. The van der Waals surface area contributed by atoms with Gasteiger partial charge in [-0.25, -0.2) is 4.39 Å². The van der Waals surface area contributed by atoms with Gasteiger partial charge in [0.05, 0.1) is 6.54 Å². The van der Waals surface area contributed by atoms with Gasteiger partial charge in [0.25, 0.3) is 0 Å². The summed E-state index contributed by atoms with van der Waals surface area (Å²) < 4.78 is 15.2. The van der Waals surface area contributed by atoms with Gasteiger partial charge in [0.1, 0.15) is 5.82 Å². The van der Waals surface area contributed by atoms with Crippen molar-refractivity contribution in [3.63, 3.8) is 0 Å². The molecule has 0 atom stereocenters. The molecular formula is C27H27FN4S. The minimum atomic E-state index is -0.239. The van der Waals surface area contributed by atoms with Crippen LogP contribution in [0.15, 0.2) is 84.9 Å². The molecule has 3 aromatic carbocycles. The monoisotopic (exact) mass is 458 g/mol. The Hall–Kier alpha value is -3.51. The van der Waals surface area contributed by atoms with Gasteiger partial charge in [-0.15, -0.1) is 0 Å². The predicted octanol–water partition coefficient (Wildman–Crippen LogP) is 6.09. The molecule has 0 unspecified atom stereocenters. The van der Waals surface area contributed by atoms with Crippen LogP contribution in [0.4, 0.5) is 10.2 Å². The fourth-order valence-electron chi connectivity index (χ4n) is 3.66. The maximum absolute atomic E-state index is 13.3. The van der Waals surface area contributed by atoms with Crippen LogP contribution in [-0.4, -0.2) is 19.8 Å². The molecule has 0 aliphatic carbocycles. The van der Waals surface area contributed by atoms with E-state index in [0.717, 1.165) is 22.6 Å². The summed E-state index contributed by atoms with van der Waals surface area (Å²) in [4.78, 5) is 2.15. The number of aromatic nitrogens is 2. The van der Waals surface area contributed by atoms with Crippen LogP contribution in [0.25, 0.3) is 0 Å². The molecule has 4 aromatic rings. The highest BCUT2D eigenvalue weighted by Crippen LogP contribution is 2.20. The van der Waals surface area contributed by atoms with E-state index in [0.29, 0.717) is 24.7 Å². The molecule has 4 rings (SSSR count). The molecule has 0 radical (unpaired) electrons. The third-order valence-corrected chi connectivity index (χ3v) is 6.06. The molecule has 6 heteroatoms. The summed E-state index contributed by atoms with van der Waals surface area (Å²) in [5.41, 5.74) is 5.45. The molecule has 0 amide bonds. The highest BCUT2D eigenvalue weighted by atomic mass is 32.1. The van der Waals surface area contributed by atoms with Gasteiger partial charge in [-0.2, -0.15) is 5.10 Å². The molecule has 0 fully saturated rings. The van der Waals surface area contributed by atoms with Gasteiger partial charge >= 0.3 is 0 Å². The Morgan fingerprint density at radius 2 is 1.39 bits per heavy atom.